The highest BCUT2D eigenvalue weighted by atomic mass is 35.5. The maximum Gasteiger partial charge on any atom is 0.266 e. The second-order valence-electron chi connectivity index (χ2n) is 9.50. The maximum absolute atomic E-state index is 13.5. The topological polar surface area (TPSA) is 91.9 Å². The van der Waals surface area contributed by atoms with Gasteiger partial charge in [-0.05, 0) is 68.9 Å². The largest absolute Gasteiger partial charge is 0.507 e. The lowest BCUT2D eigenvalue weighted by Gasteiger charge is -2.42. The number of pyridine rings is 1. The molecule has 188 valence electrons. The van der Waals surface area contributed by atoms with Gasteiger partial charge < -0.3 is 20.5 Å². The molecule has 1 amide bonds. The third-order valence-electron chi connectivity index (χ3n) is 7.17. The molecule has 3 heterocycles. The minimum Gasteiger partial charge on any atom is -0.507 e. The fraction of sp³-hybridized carbons (Fsp3) is 0.481. The van der Waals surface area contributed by atoms with Crippen LogP contribution in [-0.4, -0.2) is 64.1 Å². The molecule has 1 aromatic carbocycles. The molecule has 2 aliphatic heterocycles. The molecule has 1 aromatic heterocycles. The van der Waals surface area contributed by atoms with E-state index in [0.29, 0.717) is 36.8 Å². The Morgan fingerprint density at radius 3 is 2.57 bits per heavy atom. The smallest absolute Gasteiger partial charge is 0.266 e. The predicted molar refractivity (Wildman–Crippen MR) is 140 cm³/mol. The van der Waals surface area contributed by atoms with Crippen molar-refractivity contribution in [3.8, 4) is 23.3 Å². The quantitative estimate of drug-likeness (QED) is 0.630. The second-order valence-corrected chi connectivity index (χ2v) is 9.50. The molecule has 35 heavy (non-hydrogen) atoms. The number of ether oxygens (including phenoxy) is 1. The highest BCUT2D eigenvalue weighted by Crippen LogP contribution is 2.43. The third kappa shape index (κ3) is 5.50. The fourth-order valence-corrected chi connectivity index (χ4v) is 4.80. The van der Waals surface area contributed by atoms with Crippen LogP contribution in [-0.2, 0) is 11.2 Å². The van der Waals surface area contributed by atoms with Gasteiger partial charge >= 0.3 is 0 Å². The highest BCUT2D eigenvalue weighted by molar-refractivity contribution is 5.86. The summed E-state index contributed by atoms with van der Waals surface area (Å²) < 4.78 is 6.39. The zero-order valence-electron chi connectivity index (χ0n) is 21.0. The summed E-state index contributed by atoms with van der Waals surface area (Å²) in [5.41, 5.74) is 9.10. The Bertz CT molecular complexity index is 1170. The number of aromatic nitrogens is 1. The van der Waals surface area contributed by atoms with Crippen LogP contribution in [0.1, 0.15) is 47.7 Å². The van der Waals surface area contributed by atoms with Crippen molar-refractivity contribution in [3.63, 3.8) is 0 Å². The molecule has 0 spiro atoms. The zero-order valence-corrected chi connectivity index (χ0v) is 21.8. The number of phenolic OH excluding ortho intramolecular Hbond substituents is 1. The first kappa shape index (κ1) is 26.7. The summed E-state index contributed by atoms with van der Waals surface area (Å²) in [6.07, 6.45) is 2.07. The van der Waals surface area contributed by atoms with E-state index in [1.165, 1.54) is 0 Å². The van der Waals surface area contributed by atoms with Gasteiger partial charge in [0.15, 0.2) is 5.60 Å². The monoisotopic (exact) mass is 498 g/mol. The normalized spacial score (nSPS) is 19.6. The van der Waals surface area contributed by atoms with Gasteiger partial charge in [0, 0.05) is 51.1 Å². The molecule has 2 aromatic rings. The molecular formula is C27H35ClN4O3. The van der Waals surface area contributed by atoms with Gasteiger partial charge in [0.2, 0.25) is 0 Å². The molecule has 1 atom stereocenters. The first-order chi connectivity index (χ1) is 16.2. The number of nitrogen functional groups attached to an aromatic ring is 1. The number of aromatic hydroxyl groups is 1. The van der Waals surface area contributed by atoms with Crippen molar-refractivity contribution in [1.82, 2.24) is 14.8 Å². The molecule has 4 rings (SSSR count). The second kappa shape index (κ2) is 10.8. The third-order valence-corrected chi connectivity index (χ3v) is 7.17. The Kier molecular flexibility index (Phi) is 8.19. The Labute approximate surface area is 214 Å². The van der Waals surface area contributed by atoms with Crippen molar-refractivity contribution in [1.29, 1.82) is 0 Å². The summed E-state index contributed by atoms with van der Waals surface area (Å²) >= 11 is 0. The molecule has 0 radical (unpaired) electrons. The number of hydrogen-bond acceptors (Lipinski definition) is 6. The van der Waals surface area contributed by atoms with Crippen LogP contribution < -0.4 is 10.5 Å². The van der Waals surface area contributed by atoms with Crippen molar-refractivity contribution < 1.29 is 14.6 Å². The van der Waals surface area contributed by atoms with Crippen molar-refractivity contribution in [2.75, 3.05) is 38.5 Å². The van der Waals surface area contributed by atoms with E-state index in [2.05, 4.69) is 21.7 Å². The van der Waals surface area contributed by atoms with Crippen molar-refractivity contribution in [2.24, 2.45) is 0 Å². The van der Waals surface area contributed by atoms with E-state index in [9.17, 15) is 9.90 Å². The Balaban J connectivity index is 0.00000342. The van der Waals surface area contributed by atoms with Gasteiger partial charge in [0.05, 0.1) is 0 Å². The average molecular weight is 499 g/mol. The van der Waals surface area contributed by atoms with Gasteiger partial charge in [-0.2, -0.15) is 0 Å². The SMILES string of the molecule is Cc1c(C)c2c(c(C)c1O)CCC(C)(C(=O)N1CCN(CCC#Cc3cccc(N)n3)CC1)O2.Cl. The average Bonchev–Trinajstić information content (AvgIpc) is 2.84. The first-order valence-electron chi connectivity index (χ1n) is 11.9. The molecule has 0 bridgehead atoms. The predicted octanol–water partition coefficient (Wildman–Crippen LogP) is 3.39. The fourth-order valence-electron chi connectivity index (χ4n) is 4.80. The minimum atomic E-state index is -0.883. The number of halogens is 1. The molecule has 2 aliphatic rings. The Morgan fingerprint density at radius 1 is 1.17 bits per heavy atom. The van der Waals surface area contributed by atoms with Crippen LogP contribution in [0.15, 0.2) is 18.2 Å². The maximum atomic E-state index is 13.5. The van der Waals surface area contributed by atoms with Gasteiger partial charge in [0.25, 0.3) is 5.91 Å². The number of carbonyl (C=O) groups is 1. The number of benzene rings is 1. The zero-order chi connectivity index (χ0) is 24.5. The number of nitrogens with two attached hydrogens (primary N) is 1. The van der Waals surface area contributed by atoms with E-state index in [0.717, 1.165) is 60.5 Å². The summed E-state index contributed by atoms with van der Waals surface area (Å²) in [5.74, 6) is 7.85. The lowest BCUT2D eigenvalue weighted by atomic mass is 9.86. The van der Waals surface area contributed by atoms with Crippen LogP contribution in [0.3, 0.4) is 0 Å². The number of fused-ring (bicyclic) bond motifs is 1. The molecule has 1 fully saturated rings. The summed E-state index contributed by atoms with van der Waals surface area (Å²) in [4.78, 5) is 21.9. The van der Waals surface area contributed by atoms with Crippen LogP contribution in [0.4, 0.5) is 5.82 Å². The highest BCUT2D eigenvalue weighted by Gasteiger charge is 2.43. The summed E-state index contributed by atoms with van der Waals surface area (Å²) in [7, 11) is 0. The molecule has 3 N–H and O–H groups in total. The van der Waals surface area contributed by atoms with Crippen LogP contribution in [0.2, 0.25) is 0 Å². The lowest BCUT2D eigenvalue weighted by Crippen LogP contribution is -2.57. The Hall–Kier alpha value is -2.95. The standard InChI is InChI=1S/C27H34N4O3.ClH/c1-18-19(2)25-22(20(3)24(18)32)11-12-27(4,34-25)26(33)31-16-14-30(15-17-31)13-6-5-8-21-9-7-10-23(28)29-21;/h7,9-10,32H,6,11-17H2,1-4H3,(H2,28,29);1H. The summed E-state index contributed by atoms with van der Waals surface area (Å²) in [6.45, 7) is 11.5. The number of rotatable bonds is 3. The van der Waals surface area contributed by atoms with Crippen LogP contribution >= 0.6 is 12.4 Å². The number of carbonyl (C=O) groups excluding carboxylic acids is 1. The number of hydrogen-bond donors (Lipinski definition) is 2. The van der Waals surface area contributed by atoms with Crippen molar-refractivity contribution in [3.05, 3.63) is 46.1 Å². The minimum absolute atomic E-state index is 0. The van der Waals surface area contributed by atoms with E-state index >= 15 is 0 Å². The number of phenols is 1. The van der Waals surface area contributed by atoms with Gasteiger partial charge in [-0.25, -0.2) is 4.98 Å². The van der Waals surface area contributed by atoms with E-state index in [1.807, 2.05) is 44.7 Å². The number of piperazine rings is 1. The lowest BCUT2D eigenvalue weighted by molar-refractivity contribution is -0.150. The number of amides is 1. The molecule has 0 saturated carbocycles. The Morgan fingerprint density at radius 2 is 1.89 bits per heavy atom. The summed E-state index contributed by atoms with van der Waals surface area (Å²) in [5, 5.41) is 10.4. The van der Waals surface area contributed by atoms with E-state index in [1.54, 1.807) is 6.07 Å². The summed E-state index contributed by atoms with van der Waals surface area (Å²) in [6, 6.07) is 5.45. The number of anilines is 1. The van der Waals surface area contributed by atoms with Gasteiger partial charge in [-0.3, -0.25) is 9.69 Å². The van der Waals surface area contributed by atoms with Crippen LogP contribution in [0.5, 0.6) is 11.5 Å². The first-order valence-corrected chi connectivity index (χ1v) is 11.9. The molecule has 0 aliphatic carbocycles. The van der Waals surface area contributed by atoms with Crippen molar-refractivity contribution in [2.45, 2.75) is 52.6 Å². The van der Waals surface area contributed by atoms with E-state index in [-0.39, 0.29) is 18.3 Å². The molecular weight excluding hydrogens is 464 g/mol. The molecule has 7 nitrogen and oxygen atoms in total. The van der Waals surface area contributed by atoms with Gasteiger partial charge in [-0.15, -0.1) is 12.4 Å². The van der Waals surface area contributed by atoms with Gasteiger partial charge in [0.1, 0.15) is 23.0 Å². The van der Waals surface area contributed by atoms with Crippen LogP contribution in [0, 0.1) is 32.6 Å². The van der Waals surface area contributed by atoms with Crippen LogP contribution in [0.25, 0.3) is 0 Å². The molecule has 1 unspecified atom stereocenters. The number of nitrogens with zero attached hydrogens (tertiary/aromatic N) is 3. The van der Waals surface area contributed by atoms with E-state index in [4.69, 9.17) is 10.5 Å². The van der Waals surface area contributed by atoms with Gasteiger partial charge in [-0.1, -0.05) is 12.0 Å². The van der Waals surface area contributed by atoms with E-state index < -0.39 is 5.60 Å². The molecule has 8 heteroatoms. The van der Waals surface area contributed by atoms with Crippen molar-refractivity contribution >= 4 is 24.1 Å². The molecule has 1 saturated heterocycles.